The van der Waals surface area contributed by atoms with Gasteiger partial charge in [-0.3, -0.25) is 4.79 Å². The zero-order valence-electron chi connectivity index (χ0n) is 14.7. The van der Waals surface area contributed by atoms with Crippen LogP contribution < -0.4 is 10.1 Å². The van der Waals surface area contributed by atoms with E-state index in [0.717, 1.165) is 23.6 Å². The highest BCUT2D eigenvalue weighted by Gasteiger charge is 2.25. The summed E-state index contributed by atoms with van der Waals surface area (Å²) in [6.45, 7) is 5.84. The van der Waals surface area contributed by atoms with Crippen molar-refractivity contribution in [3.63, 3.8) is 0 Å². The van der Waals surface area contributed by atoms with Gasteiger partial charge in [0.15, 0.2) is 5.69 Å². The number of ether oxygens (including phenoxy) is 1. The van der Waals surface area contributed by atoms with Crippen LogP contribution in [0.5, 0.6) is 5.75 Å². The lowest BCUT2D eigenvalue weighted by molar-refractivity contribution is 0.0880. The molecular weight excluding hydrogens is 306 g/mol. The lowest BCUT2D eigenvalue weighted by atomic mass is 9.95. The molecule has 0 aliphatic carbocycles. The summed E-state index contributed by atoms with van der Waals surface area (Å²) in [4.78, 5) is 12.5. The number of aliphatic hydroxyl groups excluding tert-OH is 1. The molecule has 0 saturated heterocycles. The third kappa shape index (κ3) is 3.94. The minimum absolute atomic E-state index is 0.0317. The van der Waals surface area contributed by atoms with Crippen LogP contribution in [-0.2, 0) is 0 Å². The third-order valence-electron chi connectivity index (χ3n) is 4.30. The van der Waals surface area contributed by atoms with Crippen molar-refractivity contribution in [2.75, 3.05) is 13.7 Å². The number of aliphatic hydroxyl groups is 1. The Bertz CT molecular complexity index is 694. The molecule has 0 fully saturated rings. The summed E-state index contributed by atoms with van der Waals surface area (Å²) >= 11 is 0. The van der Waals surface area contributed by atoms with Crippen molar-refractivity contribution < 1.29 is 14.6 Å². The van der Waals surface area contributed by atoms with Gasteiger partial charge >= 0.3 is 0 Å². The Hall–Kier alpha value is -2.34. The van der Waals surface area contributed by atoms with Crippen LogP contribution in [0.4, 0.5) is 0 Å². The van der Waals surface area contributed by atoms with Crippen molar-refractivity contribution in [3.8, 4) is 11.4 Å². The quantitative estimate of drug-likeness (QED) is 0.817. The van der Waals surface area contributed by atoms with Crippen molar-refractivity contribution in [2.24, 2.45) is 0 Å². The number of carbonyl (C=O) groups excluding carboxylic acids is 1. The highest BCUT2D eigenvalue weighted by Crippen LogP contribution is 2.18. The smallest absolute Gasteiger partial charge is 0.272 e. The predicted octanol–water partition coefficient (Wildman–Crippen LogP) is 2.47. The molecule has 2 N–H and O–H groups in total. The van der Waals surface area contributed by atoms with Crippen molar-refractivity contribution >= 4 is 5.91 Å². The number of nitrogens with one attached hydrogen (secondary N) is 1. The zero-order chi connectivity index (χ0) is 17.7. The molecule has 130 valence electrons. The molecule has 1 aromatic carbocycles. The molecule has 24 heavy (non-hydrogen) atoms. The van der Waals surface area contributed by atoms with E-state index >= 15 is 0 Å². The first-order chi connectivity index (χ1) is 11.4. The molecule has 0 spiro atoms. The number of hydrogen-bond acceptors (Lipinski definition) is 4. The molecule has 2 rings (SSSR count). The lowest BCUT2D eigenvalue weighted by Crippen LogP contribution is -2.46. The molecular formula is C18H25N3O3. The van der Waals surface area contributed by atoms with Gasteiger partial charge in [0.1, 0.15) is 5.75 Å². The van der Waals surface area contributed by atoms with E-state index in [1.165, 1.54) is 0 Å². The van der Waals surface area contributed by atoms with Crippen molar-refractivity contribution in [1.29, 1.82) is 0 Å². The Morgan fingerprint density at radius 3 is 2.58 bits per heavy atom. The van der Waals surface area contributed by atoms with Crippen LogP contribution in [0.25, 0.3) is 5.69 Å². The number of hydrogen-bond donors (Lipinski definition) is 2. The summed E-state index contributed by atoms with van der Waals surface area (Å²) in [5.74, 6) is 0.535. The molecule has 0 aliphatic rings. The largest absolute Gasteiger partial charge is 0.497 e. The Labute approximate surface area is 142 Å². The van der Waals surface area contributed by atoms with Crippen molar-refractivity contribution in [2.45, 2.75) is 39.2 Å². The Morgan fingerprint density at radius 1 is 1.38 bits per heavy atom. The van der Waals surface area contributed by atoms with Gasteiger partial charge in [-0.05, 0) is 57.0 Å². The number of rotatable bonds is 7. The lowest BCUT2D eigenvalue weighted by Gasteiger charge is -2.28. The van der Waals surface area contributed by atoms with Crippen LogP contribution in [0.15, 0.2) is 30.3 Å². The van der Waals surface area contributed by atoms with Crippen molar-refractivity contribution in [1.82, 2.24) is 15.1 Å². The maximum absolute atomic E-state index is 12.5. The molecule has 6 heteroatoms. The van der Waals surface area contributed by atoms with E-state index in [-0.39, 0.29) is 12.5 Å². The van der Waals surface area contributed by atoms with Crippen LogP contribution in [0.2, 0.25) is 0 Å². The summed E-state index contributed by atoms with van der Waals surface area (Å²) in [6.07, 6.45) is 1.24. The summed E-state index contributed by atoms with van der Waals surface area (Å²) < 4.78 is 6.88. The van der Waals surface area contributed by atoms with Gasteiger partial charge in [0.25, 0.3) is 5.91 Å². The highest BCUT2D eigenvalue weighted by atomic mass is 16.5. The number of methoxy groups -OCH3 is 1. The molecule has 1 atom stereocenters. The minimum atomic E-state index is -0.441. The van der Waals surface area contributed by atoms with Gasteiger partial charge in [0, 0.05) is 17.8 Å². The van der Waals surface area contributed by atoms with Gasteiger partial charge in [-0.1, -0.05) is 6.92 Å². The molecule has 0 aliphatic heterocycles. The Balaban J connectivity index is 2.22. The van der Waals surface area contributed by atoms with E-state index in [1.54, 1.807) is 17.9 Å². The molecule has 1 heterocycles. The highest BCUT2D eigenvalue weighted by molar-refractivity contribution is 5.93. The second-order valence-corrected chi connectivity index (χ2v) is 6.12. The monoisotopic (exact) mass is 331 g/mol. The number of nitrogens with zero attached hydrogens (tertiary/aromatic N) is 2. The van der Waals surface area contributed by atoms with E-state index in [2.05, 4.69) is 10.4 Å². The van der Waals surface area contributed by atoms with Gasteiger partial charge in [-0.15, -0.1) is 0 Å². The topological polar surface area (TPSA) is 76.4 Å². The van der Waals surface area contributed by atoms with Gasteiger partial charge in [0.2, 0.25) is 0 Å². The van der Waals surface area contributed by atoms with Crippen LogP contribution in [-0.4, -0.2) is 40.0 Å². The number of amides is 1. The van der Waals surface area contributed by atoms with Crippen LogP contribution in [0.1, 0.15) is 42.9 Å². The van der Waals surface area contributed by atoms with Crippen LogP contribution in [0.3, 0.4) is 0 Å². The molecule has 1 unspecified atom stereocenters. The SMILES string of the molecule is CCC(C)(CCO)NC(=O)c1cc(C)n(-c2ccc(OC)cc2)n1. The van der Waals surface area contributed by atoms with Crippen LogP contribution in [0, 0.1) is 6.92 Å². The van der Waals surface area contributed by atoms with Crippen molar-refractivity contribution in [3.05, 3.63) is 41.7 Å². The number of carbonyl (C=O) groups is 1. The standard InChI is InChI=1S/C18H25N3O3/c1-5-18(3,10-11-22)19-17(23)16-12-13(2)21(20-16)14-6-8-15(24-4)9-7-14/h6-9,12,22H,5,10-11H2,1-4H3,(H,19,23). The summed E-state index contributed by atoms with van der Waals surface area (Å²) in [6, 6.07) is 9.25. The molecule has 0 saturated carbocycles. The zero-order valence-corrected chi connectivity index (χ0v) is 14.7. The van der Waals surface area contributed by atoms with E-state index < -0.39 is 5.54 Å². The Morgan fingerprint density at radius 2 is 2.04 bits per heavy atom. The molecule has 1 amide bonds. The van der Waals surface area contributed by atoms with Crippen LogP contribution >= 0.6 is 0 Å². The summed E-state index contributed by atoms with van der Waals surface area (Å²) in [7, 11) is 1.62. The fourth-order valence-electron chi connectivity index (χ4n) is 2.48. The number of aryl methyl sites for hydroxylation is 1. The Kier molecular flexibility index (Phi) is 5.62. The van der Waals surface area contributed by atoms with Gasteiger partial charge < -0.3 is 15.2 Å². The molecule has 0 radical (unpaired) electrons. The average molecular weight is 331 g/mol. The first-order valence-electron chi connectivity index (χ1n) is 8.07. The average Bonchev–Trinajstić information content (AvgIpc) is 2.97. The normalized spacial score (nSPS) is 13.4. The van der Waals surface area contributed by atoms with Gasteiger partial charge in [-0.25, -0.2) is 4.68 Å². The summed E-state index contributed by atoms with van der Waals surface area (Å²) in [5, 5.41) is 16.6. The number of benzene rings is 1. The fraction of sp³-hybridized carbons (Fsp3) is 0.444. The van der Waals surface area contributed by atoms with Gasteiger partial charge in [-0.2, -0.15) is 5.10 Å². The van der Waals surface area contributed by atoms with E-state index in [1.807, 2.05) is 45.0 Å². The van der Waals surface area contributed by atoms with Gasteiger partial charge in [0.05, 0.1) is 12.8 Å². The van der Waals surface area contributed by atoms with E-state index in [0.29, 0.717) is 12.1 Å². The van der Waals surface area contributed by atoms with E-state index in [9.17, 15) is 9.90 Å². The van der Waals surface area contributed by atoms with E-state index in [4.69, 9.17) is 4.74 Å². The molecule has 6 nitrogen and oxygen atoms in total. The minimum Gasteiger partial charge on any atom is -0.497 e. The first kappa shape index (κ1) is 18.0. The summed E-state index contributed by atoms with van der Waals surface area (Å²) in [5.41, 5.74) is 1.65. The third-order valence-corrected chi connectivity index (χ3v) is 4.30. The second kappa shape index (κ2) is 7.49. The first-order valence-corrected chi connectivity index (χ1v) is 8.07. The maximum atomic E-state index is 12.5. The molecule has 2 aromatic rings. The predicted molar refractivity (Wildman–Crippen MR) is 92.7 cm³/mol. The maximum Gasteiger partial charge on any atom is 0.272 e. The second-order valence-electron chi connectivity index (χ2n) is 6.12. The molecule has 0 bridgehead atoms. The number of aromatic nitrogens is 2. The molecule has 1 aromatic heterocycles. The fourth-order valence-corrected chi connectivity index (χ4v) is 2.48.